The van der Waals surface area contributed by atoms with Crippen LogP contribution in [0.15, 0.2) is 0 Å². The highest BCUT2D eigenvalue weighted by Gasteiger charge is 2.25. The summed E-state index contributed by atoms with van der Waals surface area (Å²) in [6, 6.07) is 0.206. The quantitative estimate of drug-likeness (QED) is 0.659. The van der Waals surface area contributed by atoms with Crippen molar-refractivity contribution in [1.29, 1.82) is 0 Å². The van der Waals surface area contributed by atoms with Gasteiger partial charge in [-0.05, 0) is 12.8 Å². The monoisotopic (exact) mass is 170 g/mol. The molecule has 0 aromatic rings. The first kappa shape index (κ1) is 9.52. The van der Waals surface area contributed by atoms with E-state index in [1.807, 2.05) is 18.7 Å². The lowest BCUT2D eigenvalue weighted by molar-refractivity contribution is -0.134. The molecule has 0 aliphatic carbocycles. The second kappa shape index (κ2) is 3.90. The summed E-state index contributed by atoms with van der Waals surface area (Å²) in [4.78, 5) is 13.5. The fraction of sp³-hybridized carbons (Fsp3) is 0.889. The van der Waals surface area contributed by atoms with Crippen molar-refractivity contribution in [1.82, 2.24) is 4.90 Å². The second-order valence-electron chi connectivity index (χ2n) is 3.64. The third-order valence-corrected chi connectivity index (χ3v) is 2.57. The zero-order valence-corrected chi connectivity index (χ0v) is 7.92. The molecule has 2 N–H and O–H groups in total. The Morgan fingerprint density at radius 1 is 1.75 bits per heavy atom. The Kier molecular flexibility index (Phi) is 3.09. The third kappa shape index (κ3) is 1.97. The number of hydrogen-bond acceptors (Lipinski definition) is 2. The van der Waals surface area contributed by atoms with Crippen LogP contribution in [0.2, 0.25) is 0 Å². The van der Waals surface area contributed by atoms with Crippen molar-refractivity contribution >= 4 is 5.91 Å². The largest absolute Gasteiger partial charge is 0.341 e. The molecule has 1 amide bonds. The number of amides is 1. The van der Waals surface area contributed by atoms with E-state index in [1.165, 1.54) is 0 Å². The number of nitrogens with two attached hydrogens (primary N) is 1. The number of rotatable bonds is 2. The highest BCUT2D eigenvalue weighted by molar-refractivity contribution is 5.78. The maximum atomic E-state index is 11.6. The summed E-state index contributed by atoms with van der Waals surface area (Å²) in [6.07, 6.45) is 1.88. The third-order valence-electron chi connectivity index (χ3n) is 2.57. The highest BCUT2D eigenvalue weighted by Crippen LogP contribution is 2.12. The standard InChI is InChI=1S/C9H18N2O/c1-3-7(2)9(12)11-5-4-8(10)6-11/h7-8H,3-6,10H2,1-2H3/t7-,8?/m0/s1. The molecule has 12 heavy (non-hydrogen) atoms. The number of likely N-dealkylation sites (tertiary alicyclic amines) is 1. The number of hydrogen-bond donors (Lipinski definition) is 1. The molecule has 1 aliphatic rings. The van der Waals surface area contributed by atoms with E-state index >= 15 is 0 Å². The molecule has 70 valence electrons. The Balaban J connectivity index is 2.43. The van der Waals surface area contributed by atoms with Crippen molar-refractivity contribution < 1.29 is 4.79 Å². The van der Waals surface area contributed by atoms with E-state index in [0.717, 1.165) is 25.9 Å². The van der Waals surface area contributed by atoms with Gasteiger partial charge in [-0.3, -0.25) is 4.79 Å². The predicted molar refractivity (Wildman–Crippen MR) is 48.6 cm³/mol. The van der Waals surface area contributed by atoms with Crippen molar-refractivity contribution in [2.75, 3.05) is 13.1 Å². The molecule has 0 aromatic carbocycles. The summed E-state index contributed by atoms with van der Waals surface area (Å²) >= 11 is 0. The smallest absolute Gasteiger partial charge is 0.225 e. The Morgan fingerprint density at radius 2 is 2.42 bits per heavy atom. The minimum atomic E-state index is 0.162. The Labute approximate surface area is 73.9 Å². The Morgan fingerprint density at radius 3 is 2.83 bits per heavy atom. The van der Waals surface area contributed by atoms with Crippen LogP contribution >= 0.6 is 0 Å². The molecule has 0 radical (unpaired) electrons. The fourth-order valence-corrected chi connectivity index (χ4v) is 1.47. The summed E-state index contributed by atoms with van der Waals surface area (Å²) in [6.45, 7) is 5.62. The molecule has 1 rings (SSSR count). The highest BCUT2D eigenvalue weighted by atomic mass is 16.2. The van der Waals surface area contributed by atoms with E-state index in [2.05, 4.69) is 0 Å². The summed E-state index contributed by atoms with van der Waals surface area (Å²) in [5, 5.41) is 0. The van der Waals surface area contributed by atoms with Crippen LogP contribution in [-0.4, -0.2) is 29.9 Å². The van der Waals surface area contributed by atoms with Crippen LogP contribution in [0.5, 0.6) is 0 Å². The molecule has 1 fully saturated rings. The van der Waals surface area contributed by atoms with Crippen LogP contribution in [0.4, 0.5) is 0 Å². The zero-order valence-electron chi connectivity index (χ0n) is 7.92. The molecular weight excluding hydrogens is 152 g/mol. The molecule has 2 atom stereocenters. The summed E-state index contributed by atoms with van der Waals surface area (Å²) < 4.78 is 0. The summed E-state index contributed by atoms with van der Waals surface area (Å²) in [5.41, 5.74) is 5.71. The van der Waals surface area contributed by atoms with Gasteiger partial charge in [0, 0.05) is 25.0 Å². The van der Waals surface area contributed by atoms with Crippen LogP contribution in [0.25, 0.3) is 0 Å². The second-order valence-corrected chi connectivity index (χ2v) is 3.64. The molecular formula is C9H18N2O. The van der Waals surface area contributed by atoms with Crippen molar-refractivity contribution in [3.8, 4) is 0 Å². The van der Waals surface area contributed by atoms with Crippen LogP contribution in [-0.2, 0) is 4.79 Å². The average Bonchev–Trinajstić information content (AvgIpc) is 2.49. The van der Waals surface area contributed by atoms with Crippen molar-refractivity contribution in [2.24, 2.45) is 11.7 Å². The van der Waals surface area contributed by atoms with E-state index in [1.54, 1.807) is 0 Å². The van der Waals surface area contributed by atoms with Gasteiger partial charge in [-0.2, -0.15) is 0 Å². The molecule has 0 bridgehead atoms. The topological polar surface area (TPSA) is 46.3 Å². The van der Waals surface area contributed by atoms with Crippen molar-refractivity contribution in [3.05, 3.63) is 0 Å². The van der Waals surface area contributed by atoms with Gasteiger partial charge in [-0.15, -0.1) is 0 Å². The molecule has 1 heterocycles. The molecule has 1 saturated heterocycles. The molecule has 3 heteroatoms. The Bertz CT molecular complexity index is 170. The molecule has 0 saturated carbocycles. The first-order valence-electron chi connectivity index (χ1n) is 4.69. The maximum Gasteiger partial charge on any atom is 0.225 e. The minimum Gasteiger partial charge on any atom is -0.341 e. The van der Waals surface area contributed by atoms with Crippen LogP contribution in [0, 0.1) is 5.92 Å². The number of nitrogens with zero attached hydrogens (tertiary/aromatic N) is 1. The molecule has 0 spiro atoms. The van der Waals surface area contributed by atoms with E-state index in [-0.39, 0.29) is 17.9 Å². The first-order valence-corrected chi connectivity index (χ1v) is 4.69. The van der Waals surface area contributed by atoms with Crippen molar-refractivity contribution in [2.45, 2.75) is 32.7 Å². The van der Waals surface area contributed by atoms with Gasteiger partial charge in [0.2, 0.25) is 5.91 Å². The first-order chi connectivity index (χ1) is 5.65. The lowest BCUT2D eigenvalue weighted by atomic mass is 10.1. The van der Waals surface area contributed by atoms with Crippen molar-refractivity contribution in [3.63, 3.8) is 0 Å². The van der Waals surface area contributed by atoms with Crippen LogP contribution in [0.1, 0.15) is 26.7 Å². The van der Waals surface area contributed by atoms with E-state index in [9.17, 15) is 4.79 Å². The van der Waals surface area contributed by atoms with Gasteiger partial charge < -0.3 is 10.6 Å². The summed E-state index contributed by atoms with van der Waals surface area (Å²) in [7, 11) is 0. The van der Waals surface area contributed by atoms with Crippen LogP contribution < -0.4 is 5.73 Å². The van der Waals surface area contributed by atoms with Crippen LogP contribution in [0.3, 0.4) is 0 Å². The SMILES string of the molecule is CC[C@H](C)C(=O)N1CCC(N)C1. The molecule has 1 unspecified atom stereocenters. The normalized spacial score (nSPS) is 25.9. The summed E-state index contributed by atoms with van der Waals surface area (Å²) in [5.74, 6) is 0.431. The fourth-order valence-electron chi connectivity index (χ4n) is 1.47. The predicted octanol–water partition coefficient (Wildman–Crippen LogP) is 0.592. The van der Waals surface area contributed by atoms with Gasteiger partial charge in [0.05, 0.1) is 0 Å². The van der Waals surface area contributed by atoms with Gasteiger partial charge in [0.25, 0.3) is 0 Å². The maximum absolute atomic E-state index is 11.6. The molecule has 3 nitrogen and oxygen atoms in total. The Hall–Kier alpha value is -0.570. The molecule has 1 aliphatic heterocycles. The van der Waals surface area contributed by atoms with E-state index in [4.69, 9.17) is 5.73 Å². The number of carbonyl (C=O) groups is 1. The van der Waals surface area contributed by atoms with E-state index < -0.39 is 0 Å². The lowest BCUT2D eigenvalue weighted by Crippen LogP contribution is -2.35. The minimum absolute atomic E-state index is 0.162. The molecule has 0 aromatic heterocycles. The van der Waals surface area contributed by atoms with Gasteiger partial charge in [-0.25, -0.2) is 0 Å². The van der Waals surface area contributed by atoms with E-state index in [0.29, 0.717) is 0 Å². The van der Waals surface area contributed by atoms with Gasteiger partial charge >= 0.3 is 0 Å². The van der Waals surface area contributed by atoms with Gasteiger partial charge in [0.15, 0.2) is 0 Å². The average molecular weight is 170 g/mol. The number of carbonyl (C=O) groups excluding carboxylic acids is 1. The zero-order chi connectivity index (χ0) is 9.14. The van der Waals surface area contributed by atoms with Gasteiger partial charge in [-0.1, -0.05) is 13.8 Å². The lowest BCUT2D eigenvalue weighted by Gasteiger charge is -2.19. The van der Waals surface area contributed by atoms with Gasteiger partial charge in [0.1, 0.15) is 0 Å².